The molecule has 0 spiro atoms. The van der Waals surface area contributed by atoms with E-state index >= 15 is 0 Å². The van der Waals surface area contributed by atoms with E-state index in [4.69, 9.17) is 0 Å². The van der Waals surface area contributed by atoms with Gasteiger partial charge in [-0.15, -0.1) is 0 Å². The Bertz CT molecular complexity index is 585. The van der Waals surface area contributed by atoms with E-state index in [0.717, 1.165) is 26.1 Å². The van der Waals surface area contributed by atoms with Gasteiger partial charge in [-0.25, -0.2) is 0 Å². The van der Waals surface area contributed by atoms with Gasteiger partial charge in [-0.05, 0) is 43.7 Å². The van der Waals surface area contributed by atoms with E-state index in [1.807, 2.05) is 0 Å². The number of likely N-dealkylation sites (N-methyl/N-ethyl adjacent to an activating group) is 1. The van der Waals surface area contributed by atoms with E-state index in [2.05, 4.69) is 54.3 Å². The number of aryl methyl sites for hydroxylation is 2. The van der Waals surface area contributed by atoms with E-state index in [1.54, 1.807) is 0 Å². The molecule has 1 unspecified atom stereocenters. The van der Waals surface area contributed by atoms with E-state index in [1.165, 1.54) is 27.7 Å². The van der Waals surface area contributed by atoms with Crippen LogP contribution in [0, 0.1) is 6.92 Å². The van der Waals surface area contributed by atoms with Gasteiger partial charge in [0.15, 0.2) is 0 Å². The standard InChI is InChI=1S/C16H23N3/c1-4-12-5-6-14-13(9-12)16(11(2)18-14)15-10-17-7-8-19(15)3/h5-6,9,15,17-18H,4,7-8,10H2,1-3H3. The third kappa shape index (κ3) is 2.17. The molecule has 1 aromatic heterocycles. The highest BCUT2D eigenvalue weighted by Gasteiger charge is 2.25. The first-order chi connectivity index (χ1) is 9.20. The summed E-state index contributed by atoms with van der Waals surface area (Å²) >= 11 is 0. The van der Waals surface area contributed by atoms with Crippen LogP contribution in [0.25, 0.3) is 10.9 Å². The minimum absolute atomic E-state index is 0.481. The van der Waals surface area contributed by atoms with Crippen LogP contribution in [0.5, 0.6) is 0 Å². The first kappa shape index (κ1) is 12.7. The van der Waals surface area contributed by atoms with Gasteiger partial charge in [0.25, 0.3) is 0 Å². The van der Waals surface area contributed by atoms with Gasteiger partial charge < -0.3 is 10.3 Å². The maximum atomic E-state index is 3.54. The minimum atomic E-state index is 0.481. The second kappa shape index (κ2) is 4.99. The van der Waals surface area contributed by atoms with Crippen molar-refractivity contribution in [3.8, 4) is 0 Å². The number of hydrogen-bond acceptors (Lipinski definition) is 2. The highest BCUT2D eigenvalue weighted by Crippen LogP contribution is 2.32. The summed E-state index contributed by atoms with van der Waals surface area (Å²) in [6.45, 7) is 7.66. The summed E-state index contributed by atoms with van der Waals surface area (Å²) in [6.07, 6.45) is 1.10. The zero-order valence-electron chi connectivity index (χ0n) is 12.1. The molecule has 1 aliphatic rings. The smallest absolute Gasteiger partial charge is 0.0494 e. The molecule has 3 heteroatoms. The first-order valence-corrected chi connectivity index (χ1v) is 7.22. The van der Waals surface area contributed by atoms with Crippen LogP contribution in [-0.2, 0) is 6.42 Å². The average Bonchev–Trinajstić information content (AvgIpc) is 2.74. The minimum Gasteiger partial charge on any atom is -0.358 e. The van der Waals surface area contributed by atoms with Crippen molar-refractivity contribution in [1.82, 2.24) is 15.2 Å². The van der Waals surface area contributed by atoms with Crippen LogP contribution in [0.2, 0.25) is 0 Å². The SMILES string of the molecule is CCc1ccc2[nH]c(C)c(C3CNCCN3C)c2c1. The van der Waals surface area contributed by atoms with E-state index in [0.29, 0.717) is 6.04 Å². The van der Waals surface area contributed by atoms with Gasteiger partial charge >= 0.3 is 0 Å². The fraction of sp³-hybridized carbons (Fsp3) is 0.500. The molecular formula is C16H23N3. The Kier molecular flexibility index (Phi) is 3.33. The Balaban J connectivity index is 2.12. The molecule has 3 nitrogen and oxygen atoms in total. The van der Waals surface area contributed by atoms with Gasteiger partial charge in [-0.2, -0.15) is 0 Å². The molecule has 1 fully saturated rings. The Labute approximate surface area is 115 Å². The van der Waals surface area contributed by atoms with Gasteiger partial charge in [0.2, 0.25) is 0 Å². The van der Waals surface area contributed by atoms with Crippen molar-refractivity contribution >= 4 is 10.9 Å². The molecule has 1 atom stereocenters. The fourth-order valence-electron chi connectivity index (χ4n) is 3.17. The van der Waals surface area contributed by atoms with Crippen LogP contribution >= 0.6 is 0 Å². The summed E-state index contributed by atoms with van der Waals surface area (Å²) in [6, 6.07) is 7.29. The predicted octanol–water partition coefficient (Wildman–Crippen LogP) is 2.61. The maximum Gasteiger partial charge on any atom is 0.0494 e. The van der Waals surface area contributed by atoms with Crippen LogP contribution < -0.4 is 5.32 Å². The Morgan fingerprint density at radius 1 is 1.37 bits per heavy atom. The van der Waals surface area contributed by atoms with Crippen molar-refractivity contribution in [2.75, 3.05) is 26.7 Å². The Morgan fingerprint density at radius 3 is 2.95 bits per heavy atom. The zero-order chi connectivity index (χ0) is 13.4. The number of rotatable bonds is 2. The summed E-state index contributed by atoms with van der Waals surface area (Å²) in [5.74, 6) is 0. The molecule has 1 aromatic carbocycles. The highest BCUT2D eigenvalue weighted by atomic mass is 15.2. The van der Waals surface area contributed by atoms with Crippen molar-refractivity contribution in [2.24, 2.45) is 0 Å². The van der Waals surface area contributed by atoms with E-state index < -0.39 is 0 Å². The van der Waals surface area contributed by atoms with Crippen molar-refractivity contribution in [3.05, 3.63) is 35.0 Å². The molecule has 0 radical (unpaired) electrons. The van der Waals surface area contributed by atoms with Crippen LogP contribution in [0.3, 0.4) is 0 Å². The topological polar surface area (TPSA) is 31.1 Å². The number of nitrogens with one attached hydrogen (secondary N) is 2. The van der Waals surface area contributed by atoms with E-state index in [-0.39, 0.29) is 0 Å². The Morgan fingerprint density at radius 2 is 2.21 bits per heavy atom. The van der Waals surface area contributed by atoms with Gasteiger partial charge in [0.05, 0.1) is 0 Å². The van der Waals surface area contributed by atoms with Crippen LogP contribution in [-0.4, -0.2) is 36.6 Å². The summed E-state index contributed by atoms with van der Waals surface area (Å²) in [4.78, 5) is 6.00. The molecule has 1 aliphatic heterocycles. The highest BCUT2D eigenvalue weighted by molar-refractivity contribution is 5.86. The monoisotopic (exact) mass is 257 g/mol. The largest absolute Gasteiger partial charge is 0.358 e. The molecule has 0 aliphatic carbocycles. The summed E-state index contributed by atoms with van der Waals surface area (Å²) in [7, 11) is 2.23. The number of piperazine rings is 1. The lowest BCUT2D eigenvalue weighted by Crippen LogP contribution is -2.43. The lowest BCUT2D eigenvalue weighted by Gasteiger charge is -2.33. The first-order valence-electron chi connectivity index (χ1n) is 7.22. The zero-order valence-corrected chi connectivity index (χ0v) is 12.1. The molecule has 19 heavy (non-hydrogen) atoms. The molecule has 0 bridgehead atoms. The van der Waals surface area contributed by atoms with Crippen molar-refractivity contribution in [2.45, 2.75) is 26.3 Å². The number of aromatic nitrogens is 1. The second-order valence-corrected chi connectivity index (χ2v) is 5.60. The predicted molar refractivity (Wildman–Crippen MR) is 80.7 cm³/mol. The maximum absolute atomic E-state index is 3.54. The van der Waals surface area contributed by atoms with Crippen LogP contribution in [0.15, 0.2) is 18.2 Å². The van der Waals surface area contributed by atoms with Crippen molar-refractivity contribution in [1.29, 1.82) is 0 Å². The third-order valence-electron chi connectivity index (χ3n) is 4.35. The van der Waals surface area contributed by atoms with Crippen molar-refractivity contribution < 1.29 is 0 Å². The molecule has 2 N–H and O–H groups in total. The van der Waals surface area contributed by atoms with Gasteiger partial charge in [-0.1, -0.05) is 13.0 Å². The second-order valence-electron chi connectivity index (χ2n) is 5.60. The summed E-state index contributed by atoms with van der Waals surface area (Å²) < 4.78 is 0. The summed E-state index contributed by atoms with van der Waals surface area (Å²) in [5, 5.41) is 4.92. The molecule has 3 rings (SSSR count). The average molecular weight is 257 g/mol. The molecule has 0 amide bonds. The van der Waals surface area contributed by atoms with Gasteiger partial charge in [-0.3, -0.25) is 4.90 Å². The number of benzene rings is 1. The molecule has 0 saturated carbocycles. The van der Waals surface area contributed by atoms with Crippen LogP contribution in [0.4, 0.5) is 0 Å². The molecule has 102 valence electrons. The Hall–Kier alpha value is -1.32. The lowest BCUT2D eigenvalue weighted by atomic mass is 9.98. The van der Waals surface area contributed by atoms with Gasteiger partial charge in [0, 0.05) is 42.3 Å². The number of aromatic amines is 1. The third-order valence-corrected chi connectivity index (χ3v) is 4.35. The molecule has 1 saturated heterocycles. The van der Waals surface area contributed by atoms with Gasteiger partial charge in [0.1, 0.15) is 0 Å². The number of H-pyrrole nitrogens is 1. The summed E-state index contributed by atoms with van der Waals surface area (Å²) in [5.41, 5.74) is 5.46. The molecular weight excluding hydrogens is 234 g/mol. The lowest BCUT2D eigenvalue weighted by molar-refractivity contribution is 0.203. The van der Waals surface area contributed by atoms with Crippen LogP contribution in [0.1, 0.15) is 29.8 Å². The van der Waals surface area contributed by atoms with E-state index in [9.17, 15) is 0 Å². The molecule has 2 aromatic rings. The van der Waals surface area contributed by atoms with Crippen molar-refractivity contribution in [3.63, 3.8) is 0 Å². The molecule has 2 heterocycles. The number of nitrogens with zero attached hydrogens (tertiary/aromatic N) is 1. The number of hydrogen-bond donors (Lipinski definition) is 2. The normalized spacial score (nSPS) is 21.1. The quantitative estimate of drug-likeness (QED) is 0.866. The number of fused-ring (bicyclic) bond motifs is 1. The fourth-order valence-corrected chi connectivity index (χ4v) is 3.17.